The molecule has 144 valence electrons. The van der Waals surface area contributed by atoms with Crippen molar-refractivity contribution in [3.05, 3.63) is 53.7 Å². The first-order valence-electron chi connectivity index (χ1n) is 8.32. The molecule has 0 saturated carbocycles. The number of hydrogen-bond acceptors (Lipinski definition) is 6. The van der Waals surface area contributed by atoms with Gasteiger partial charge in [0.2, 0.25) is 5.82 Å². The minimum Gasteiger partial charge on any atom is -0.329 e. The lowest BCUT2D eigenvalue weighted by Crippen LogP contribution is -2.14. The second-order valence-corrected chi connectivity index (χ2v) is 5.83. The fraction of sp³-hybridized carbons (Fsp3) is 0.353. The molecule has 0 spiro atoms. The van der Waals surface area contributed by atoms with Crippen molar-refractivity contribution in [3.63, 3.8) is 0 Å². The first-order chi connectivity index (χ1) is 13.0. The van der Waals surface area contributed by atoms with Gasteiger partial charge in [-0.3, -0.25) is 4.68 Å². The van der Waals surface area contributed by atoms with E-state index < -0.39 is 12.1 Å². The van der Waals surface area contributed by atoms with E-state index in [9.17, 15) is 13.2 Å². The van der Waals surface area contributed by atoms with Crippen molar-refractivity contribution in [2.75, 3.05) is 6.61 Å². The lowest BCUT2D eigenvalue weighted by atomic mass is 10.1. The van der Waals surface area contributed by atoms with Gasteiger partial charge in [-0.2, -0.15) is 28.7 Å². The Labute approximate surface area is 153 Å². The first-order valence-corrected chi connectivity index (χ1v) is 8.32. The number of alkyl halides is 3. The van der Waals surface area contributed by atoms with Crippen molar-refractivity contribution in [1.82, 2.24) is 25.4 Å². The number of halogens is 3. The highest BCUT2D eigenvalue weighted by atomic mass is 19.4. The van der Waals surface area contributed by atoms with Crippen LogP contribution in [0.15, 0.2) is 41.2 Å². The quantitative estimate of drug-likeness (QED) is 0.476. The number of aromatic nitrogens is 4. The normalized spacial score (nSPS) is 11.9. The van der Waals surface area contributed by atoms with Crippen molar-refractivity contribution in [3.8, 4) is 11.4 Å². The third-order valence-electron chi connectivity index (χ3n) is 3.60. The number of hydrogen-bond donors (Lipinski definition) is 1. The molecular formula is C17H18F3N5O2. The third kappa shape index (κ3) is 5.14. The fourth-order valence-electron chi connectivity index (χ4n) is 2.29. The molecule has 0 bridgehead atoms. The van der Waals surface area contributed by atoms with E-state index in [-0.39, 0.29) is 5.82 Å². The molecule has 10 heteroatoms. The van der Waals surface area contributed by atoms with Gasteiger partial charge in [-0.25, -0.2) is 0 Å². The van der Waals surface area contributed by atoms with E-state index in [1.807, 2.05) is 13.1 Å². The molecule has 7 nitrogen and oxygen atoms in total. The third-order valence-corrected chi connectivity index (χ3v) is 3.60. The zero-order valence-corrected chi connectivity index (χ0v) is 14.5. The summed E-state index contributed by atoms with van der Waals surface area (Å²) in [5.41, 5.74) is 5.22. The van der Waals surface area contributed by atoms with Crippen molar-refractivity contribution in [2.24, 2.45) is 0 Å². The average Bonchev–Trinajstić information content (AvgIpc) is 3.29. The van der Waals surface area contributed by atoms with Gasteiger partial charge in [0.25, 0.3) is 0 Å². The summed E-state index contributed by atoms with van der Waals surface area (Å²) in [5.74, 6) is -1.46. The van der Waals surface area contributed by atoms with Crippen LogP contribution in [0.2, 0.25) is 0 Å². The van der Waals surface area contributed by atoms with E-state index in [0.29, 0.717) is 25.3 Å². The van der Waals surface area contributed by atoms with E-state index in [2.05, 4.69) is 25.2 Å². The van der Waals surface area contributed by atoms with Crippen LogP contribution in [0.25, 0.3) is 11.4 Å². The number of nitrogens with one attached hydrogen (secondary N) is 1. The molecule has 2 heterocycles. The lowest BCUT2D eigenvalue weighted by Gasteiger charge is -2.03. The molecule has 0 radical (unpaired) electrons. The summed E-state index contributed by atoms with van der Waals surface area (Å²) in [5, 5.41) is 7.65. The molecule has 3 aromatic rings. The number of rotatable bonds is 8. The van der Waals surface area contributed by atoms with Gasteiger partial charge < -0.3 is 9.36 Å². The van der Waals surface area contributed by atoms with Gasteiger partial charge in [-0.15, -0.1) is 0 Å². The smallest absolute Gasteiger partial charge is 0.329 e. The summed E-state index contributed by atoms with van der Waals surface area (Å²) in [6.45, 7) is 3.75. The number of benzene rings is 1. The molecule has 0 amide bonds. The Kier molecular flexibility index (Phi) is 5.87. The van der Waals surface area contributed by atoms with E-state index in [4.69, 9.17) is 4.84 Å². The molecular weight excluding hydrogens is 363 g/mol. The molecule has 0 aliphatic carbocycles. The zero-order valence-electron chi connectivity index (χ0n) is 14.5. The largest absolute Gasteiger partial charge is 0.471 e. The van der Waals surface area contributed by atoms with E-state index >= 15 is 0 Å². The molecule has 27 heavy (non-hydrogen) atoms. The van der Waals surface area contributed by atoms with Crippen molar-refractivity contribution in [2.45, 2.75) is 32.6 Å². The Morgan fingerprint density at radius 2 is 1.96 bits per heavy atom. The molecule has 0 aliphatic rings. The van der Waals surface area contributed by atoms with Crippen LogP contribution in [-0.2, 0) is 24.1 Å². The SMILES string of the molecule is CCCONCc1cnn(Cc2ccc(-c3noc(C(F)(F)F)n3)cc2)c1. The monoisotopic (exact) mass is 381 g/mol. The summed E-state index contributed by atoms with van der Waals surface area (Å²) in [7, 11) is 0. The first kappa shape index (κ1) is 19.1. The topological polar surface area (TPSA) is 78.0 Å². The summed E-state index contributed by atoms with van der Waals surface area (Å²) in [6.07, 6.45) is -0.0806. The van der Waals surface area contributed by atoms with Gasteiger partial charge in [0.15, 0.2) is 0 Å². The van der Waals surface area contributed by atoms with Gasteiger partial charge in [-0.1, -0.05) is 36.3 Å². The lowest BCUT2D eigenvalue weighted by molar-refractivity contribution is -0.159. The van der Waals surface area contributed by atoms with Crippen molar-refractivity contribution < 1.29 is 22.5 Å². The second-order valence-electron chi connectivity index (χ2n) is 5.83. The predicted octanol–water partition coefficient (Wildman–Crippen LogP) is 3.43. The molecule has 1 aromatic carbocycles. The van der Waals surface area contributed by atoms with E-state index in [1.165, 1.54) is 0 Å². The summed E-state index contributed by atoms with van der Waals surface area (Å²) in [4.78, 5) is 8.59. The molecule has 0 saturated heterocycles. The minimum atomic E-state index is -4.65. The van der Waals surface area contributed by atoms with Crippen LogP contribution >= 0.6 is 0 Å². The molecule has 1 N–H and O–H groups in total. The van der Waals surface area contributed by atoms with Gasteiger partial charge in [-0.05, 0) is 12.0 Å². The van der Waals surface area contributed by atoms with Gasteiger partial charge >= 0.3 is 12.1 Å². The van der Waals surface area contributed by atoms with Crippen molar-refractivity contribution in [1.29, 1.82) is 0 Å². The summed E-state index contributed by atoms with van der Waals surface area (Å²) >= 11 is 0. The molecule has 2 aromatic heterocycles. The predicted molar refractivity (Wildman–Crippen MR) is 89.1 cm³/mol. The molecule has 0 aliphatic heterocycles. The van der Waals surface area contributed by atoms with Crippen LogP contribution in [0.3, 0.4) is 0 Å². The van der Waals surface area contributed by atoms with Crippen LogP contribution in [0.4, 0.5) is 13.2 Å². The fourth-order valence-corrected chi connectivity index (χ4v) is 2.29. The van der Waals surface area contributed by atoms with Crippen LogP contribution in [0, 0.1) is 0 Å². The van der Waals surface area contributed by atoms with Crippen LogP contribution in [0.1, 0.15) is 30.4 Å². The van der Waals surface area contributed by atoms with Gasteiger partial charge in [0, 0.05) is 23.9 Å². The number of hydroxylamine groups is 1. The Hall–Kier alpha value is -2.72. The van der Waals surface area contributed by atoms with E-state index in [0.717, 1.165) is 17.5 Å². The molecule has 0 unspecified atom stereocenters. The van der Waals surface area contributed by atoms with Crippen LogP contribution in [0.5, 0.6) is 0 Å². The van der Waals surface area contributed by atoms with Crippen LogP contribution in [-0.4, -0.2) is 26.5 Å². The highest BCUT2D eigenvalue weighted by molar-refractivity contribution is 5.54. The summed E-state index contributed by atoms with van der Waals surface area (Å²) < 4.78 is 43.6. The minimum absolute atomic E-state index is 0.103. The maximum Gasteiger partial charge on any atom is 0.471 e. The Morgan fingerprint density at radius 1 is 1.19 bits per heavy atom. The Bertz CT molecular complexity index is 858. The highest BCUT2D eigenvalue weighted by Crippen LogP contribution is 2.29. The van der Waals surface area contributed by atoms with Gasteiger partial charge in [0.05, 0.1) is 19.3 Å². The molecule has 0 atom stereocenters. The van der Waals surface area contributed by atoms with Crippen LogP contribution < -0.4 is 5.48 Å². The van der Waals surface area contributed by atoms with E-state index in [1.54, 1.807) is 35.1 Å². The average molecular weight is 381 g/mol. The molecule has 0 fully saturated rings. The highest BCUT2D eigenvalue weighted by Gasteiger charge is 2.38. The Balaban J connectivity index is 1.59. The molecule has 3 rings (SSSR count). The maximum absolute atomic E-state index is 12.5. The standard InChI is InChI=1S/C17H18F3N5O2/c1-2-7-26-22-9-13-8-21-25(11-13)10-12-3-5-14(6-4-12)15-23-16(27-24-15)17(18,19)20/h3-6,8,11,22H,2,7,9-10H2,1H3. The second kappa shape index (κ2) is 8.31. The Morgan fingerprint density at radius 3 is 2.63 bits per heavy atom. The number of nitrogens with zero attached hydrogens (tertiary/aromatic N) is 4. The van der Waals surface area contributed by atoms with Gasteiger partial charge in [0.1, 0.15) is 0 Å². The summed E-state index contributed by atoms with van der Waals surface area (Å²) in [6, 6.07) is 6.85. The van der Waals surface area contributed by atoms with Crippen molar-refractivity contribution >= 4 is 0 Å². The maximum atomic E-state index is 12.5. The zero-order chi connectivity index (χ0) is 19.3.